The third kappa shape index (κ3) is 3.67. The van der Waals surface area contributed by atoms with Crippen LogP contribution in [0.5, 0.6) is 11.6 Å². The van der Waals surface area contributed by atoms with Gasteiger partial charge in [-0.05, 0) is 36.4 Å². The SMILES string of the molecule is CC(C)(C)c1csc(-c2ccc(Oc3nc4ccccn4c(=O)c3[N+](=O)[O-])cc2)n1. The van der Waals surface area contributed by atoms with Crippen LogP contribution in [0.3, 0.4) is 0 Å². The van der Waals surface area contributed by atoms with E-state index in [4.69, 9.17) is 4.74 Å². The van der Waals surface area contributed by atoms with Crippen molar-refractivity contribution in [2.45, 2.75) is 26.2 Å². The fourth-order valence-electron chi connectivity index (χ4n) is 2.81. The Labute approximate surface area is 175 Å². The lowest BCUT2D eigenvalue weighted by atomic mass is 9.93. The Bertz CT molecular complexity index is 1300. The van der Waals surface area contributed by atoms with Crippen LogP contribution in [0.2, 0.25) is 0 Å². The van der Waals surface area contributed by atoms with Gasteiger partial charge in [0.2, 0.25) is 0 Å². The first-order valence-corrected chi connectivity index (χ1v) is 10.0. The van der Waals surface area contributed by atoms with E-state index >= 15 is 0 Å². The summed E-state index contributed by atoms with van der Waals surface area (Å²) in [6.45, 7) is 6.32. The van der Waals surface area contributed by atoms with Crippen LogP contribution in [-0.2, 0) is 5.41 Å². The number of fused-ring (bicyclic) bond motifs is 1. The number of pyridine rings is 1. The number of hydrogen-bond acceptors (Lipinski definition) is 7. The summed E-state index contributed by atoms with van der Waals surface area (Å²) in [5.74, 6) is -0.00477. The van der Waals surface area contributed by atoms with Crippen molar-refractivity contribution in [2.75, 3.05) is 0 Å². The average molecular weight is 422 g/mol. The lowest BCUT2D eigenvalue weighted by molar-refractivity contribution is -0.387. The monoisotopic (exact) mass is 422 g/mol. The van der Waals surface area contributed by atoms with Gasteiger partial charge in [-0.3, -0.25) is 19.3 Å². The molecule has 3 aromatic heterocycles. The maximum Gasteiger partial charge on any atom is 0.396 e. The first-order valence-electron chi connectivity index (χ1n) is 9.14. The van der Waals surface area contributed by atoms with Crippen LogP contribution in [0.4, 0.5) is 5.69 Å². The zero-order valence-electron chi connectivity index (χ0n) is 16.5. The average Bonchev–Trinajstić information content (AvgIpc) is 3.19. The predicted octanol–water partition coefficient (Wildman–Crippen LogP) is 4.82. The largest absolute Gasteiger partial charge is 0.433 e. The second-order valence-corrected chi connectivity index (χ2v) is 8.53. The molecular formula is C21H18N4O4S. The second kappa shape index (κ2) is 7.34. The highest BCUT2D eigenvalue weighted by atomic mass is 32.1. The van der Waals surface area contributed by atoms with Gasteiger partial charge in [0.15, 0.2) is 0 Å². The van der Waals surface area contributed by atoms with E-state index in [2.05, 4.69) is 30.7 Å². The summed E-state index contributed by atoms with van der Waals surface area (Å²) in [5, 5.41) is 14.4. The molecule has 0 bridgehead atoms. The van der Waals surface area contributed by atoms with Gasteiger partial charge in [-0.25, -0.2) is 4.98 Å². The number of hydrogen-bond donors (Lipinski definition) is 0. The summed E-state index contributed by atoms with van der Waals surface area (Å²) in [4.78, 5) is 32.0. The molecule has 0 saturated carbocycles. The summed E-state index contributed by atoms with van der Waals surface area (Å²) in [6, 6.07) is 11.9. The minimum absolute atomic E-state index is 0.0352. The van der Waals surface area contributed by atoms with Crippen molar-refractivity contribution in [1.82, 2.24) is 14.4 Å². The number of nitro groups is 1. The van der Waals surface area contributed by atoms with Crippen molar-refractivity contribution in [3.8, 4) is 22.2 Å². The number of ether oxygens (including phenoxy) is 1. The Kier molecular flexibility index (Phi) is 4.83. The van der Waals surface area contributed by atoms with Crippen molar-refractivity contribution >= 4 is 22.7 Å². The number of rotatable bonds is 4. The molecule has 1 aromatic carbocycles. The van der Waals surface area contributed by atoms with Crippen molar-refractivity contribution in [3.63, 3.8) is 0 Å². The lowest BCUT2D eigenvalue weighted by Gasteiger charge is -2.14. The molecule has 0 amide bonds. The normalized spacial score (nSPS) is 11.6. The van der Waals surface area contributed by atoms with Crippen LogP contribution in [-0.4, -0.2) is 19.3 Å². The highest BCUT2D eigenvalue weighted by molar-refractivity contribution is 7.13. The van der Waals surface area contributed by atoms with E-state index in [9.17, 15) is 14.9 Å². The smallest absolute Gasteiger partial charge is 0.396 e. The van der Waals surface area contributed by atoms with E-state index in [1.807, 2.05) is 17.5 Å². The molecule has 0 N–H and O–H groups in total. The van der Waals surface area contributed by atoms with E-state index < -0.39 is 16.2 Å². The highest BCUT2D eigenvalue weighted by Gasteiger charge is 2.25. The van der Waals surface area contributed by atoms with Crippen molar-refractivity contribution in [2.24, 2.45) is 0 Å². The van der Waals surface area contributed by atoms with Gasteiger partial charge in [-0.15, -0.1) is 11.3 Å². The zero-order chi connectivity index (χ0) is 21.5. The highest BCUT2D eigenvalue weighted by Crippen LogP contribution is 2.32. The van der Waals surface area contributed by atoms with Crippen LogP contribution in [0.25, 0.3) is 16.2 Å². The molecule has 0 radical (unpaired) electrons. The molecule has 30 heavy (non-hydrogen) atoms. The molecular weight excluding hydrogens is 404 g/mol. The minimum atomic E-state index is -0.797. The van der Waals surface area contributed by atoms with Crippen LogP contribution in [0.1, 0.15) is 26.5 Å². The summed E-state index contributed by atoms with van der Waals surface area (Å²) in [7, 11) is 0. The molecule has 0 aliphatic carbocycles. The van der Waals surface area contributed by atoms with Gasteiger partial charge in [-0.1, -0.05) is 26.8 Å². The Balaban J connectivity index is 1.68. The summed E-state index contributed by atoms with van der Waals surface area (Å²) in [6.07, 6.45) is 1.43. The van der Waals surface area contributed by atoms with Crippen molar-refractivity contribution < 1.29 is 9.66 Å². The predicted molar refractivity (Wildman–Crippen MR) is 114 cm³/mol. The molecule has 0 saturated heterocycles. The van der Waals surface area contributed by atoms with Gasteiger partial charge in [0, 0.05) is 22.6 Å². The lowest BCUT2D eigenvalue weighted by Crippen LogP contribution is -2.19. The molecule has 9 heteroatoms. The summed E-state index contributed by atoms with van der Waals surface area (Å²) in [5.41, 5.74) is 0.639. The van der Waals surface area contributed by atoms with Crippen molar-refractivity contribution in [1.29, 1.82) is 0 Å². The van der Waals surface area contributed by atoms with Crippen LogP contribution < -0.4 is 10.3 Å². The van der Waals surface area contributed by atoms with Gasteiger partial charge >= 0.3 is 17.1 Å². The Morgan fingerprint density at radius 1 is 1.10 bits per heavy atom. The van der Waals surface area contributed by atoms with Crippen LogP contribution in [0.15, 0.2) is 58.8 Å². The minimum Gasteiger partial charge on any atom is -0.433 e. The molecule has 0 fully saturated rings. The maximum atomic E-state index is 12.5. The quantitative estimate of drug-likeness (QED) is 0.345. The molecule has 4 aromatic rings. The molecule has 0 spiro atoms. The van der Waals surface area contributed by atoms with Gasteiger partial charge in [0.1, 0.15) is 16.4 Å². The van der Waals surface area contributed by atoms with Crippen LogP contribution in [0, 0.1) is 10.1 Å². The number of nitrogens with zero attached hydrogens (tertiary/aromatic N) is 4. The molecule has 152 valence electrons. The first-order chi connectivity index (χ1) is 14.2. The third-order valence-electron chi connectivity index (χ3n) is 4.45. The Morgan fingerprint density at radius 2 is 1.83 bits per heavy atom. The fourth-order valence-corrected chi connectivity index (χ4v) is 3.87. The molecule has 0 atom stereocenters. The van der Waals surface area contributed by atoms with Crippen LogP contribution >= 0.6 is 11.3 Å². The zero-order valence-corrected chi connectivity index (χ0v) is 17.3. The van der Waals surface area contributed by atoms with E-state index in [1.54, 1.807) is 41.7 Å². The van der Waals surface area contributed by atoms with Gasteiger partial charge < -0.3 is 4.74 Å². The number of benzene rings is 1. The fraction of sp³-hybridized carbons (Fsp3) is 0.190. The van der Waals surface area contributed by atoms with E-state index in [1.165, 1.54) is 6.20 Å². The van der Waals surface area contributed by atoms with Crippen molar-refractivity contribution in [3.05, 3.63) is 80.2 Å². The summed E-state index contributed by atoms with van der Waals surface area (Å²) < 4.78 is 6.74. The molecule has 8 nitrogen and oxygen atoms in total. The molecule has 0 aliphatic rings. The third-order valence-corrected chi connectivity index (χ3v) is 5.34. The Morgan fingerprint density at radius 3 is 2.47 bits per heavy atom. The molecule has 0 unspecified atom stereocenters. The molecule has 0 aliphatic heterocycles. The molecule has 3 heterocycles. The van der Waals surface area contributed by atoms with Gasteiger partial charge in [0.05, 0.1) is 10.6 Å². The van der Waals surface area contributed by atoms with Gasteiger partial charge in [0.25, 0.3) is 0 Å². The topological polar surface area (TPSA) is 99.6 Å². The van der Waals surface area contributed by atoms with E-state index in [-0.39, 0.29) is 16.9 Å². The number of thiazole rings is 1. The molecule has 4 rings (SSSR count). The summed E-state index contributed by atoms with van der Waals surface area (Å²) >= 11 is 1.55. The standard InChI is InChI=1S/C21H18N4O4S/c1-21(2,3)15-12-30-19(22-15)13-7-9-14(10-8-13)29-18-17(25(27)28)20(26)24-11-5-4-6-16(24)23-18/h4-12H,1-3H3. The van der Waals surface area contributed by atoms with E-state index in [0.717, 1.165) is 20.7 Å². The number of aromatic nitrogens is 3. The second-order valence-electron chi connectivity index (χ2n) is 7.67. The maximum absolute atomic E-state index is 12.5. The Hall–Kier alpha value is -3.59. The first kappa shape index (κ1) is 19.7. The van der Waals surface area contributed by atoms with E-state index in [0.29, 0.717) is 5.75 Å². The van der Waals surface area contributed by atoms with Gasteiger partial charge in [-0.2, -0.15) is 4.98 Å².